The summed E-state index contributed by atoms with van der Waals surface area (Å²) < 4.78 is 42.7. The third-order valence-corrected chi connectivity index (χ3v) is 5.63. The number of nitrogens with one attached hydrogen (secondary N) is 1. The largest absolute Gasteiger partial charge is 0.391 e. The van der Waals surface area contributed by atoms with Gasteiger partial charge in [0.05, 0.1) is 29.2 Å². The van der Waals surface area contributed by atoms with E-state index in [0.29, 0.717) is 24.5 Å². The second-order valence-corrected chi connectivity index (χ2v) is 8.01. The topological polar surface area (TPSA) is 104 Å². The third kappa shape index (κ3) is 4.53. The van der Waals surface area contributed by atoms with E-state index in [1.807, 2.05) is 11.8 Å². The quantitative estimate of drug-likeness (QED) is 0.557. The Kier molecular flexibility index (Phi) is 6.30. The number of anilines is 2. The summed E-state index contributed by atoms with van der Waals surface area (Å²) in [4.78, 5) is 22.8. The number of hydrogen-bond acceptors (Lipinski definition) is 6. The average molecular weight is 457 g/mol. The maximum Gasteiger partial charge on any atom is 0.274 e. The summed E-state index contributed by atoms with van der Waals surface area (Å²) in [5.41, 5.74) is 5.55. The summed E-state index contributed by atoms with van der Waals surface area (Å²) in [6, 6.07) is 6.40. The van der Waals surface area contributed by atoms with Crippen molar-refractivity contribution in [2.24, 2.45) is 11.7 Å². The van der Waals surface area contributed by atoms with Crippen LogP contribution >= 0.6 is 0 Å². The average Bonchev–Trinajstić information content (AvgIpc) is 2.78. The van der Waals surface area contributed by atoms with Gasteiger partial charge in [-0.1, -0.05) is 13.0 Å². The molecule has 1 aliphatic rings. The first kappa shape index (κ1) is 22.7. The summed E-state index contributed by atoms with van der Waals surface area (Å²) in [7, 11) is 0. The van der Waals surface area contributed by atoms with Gasteiger partial charge < -0.3 is 21.1 Å². The second-order valence-electron chi connectivity index (χ2n) is 8.01. The molecule has 0 spiro atoms. The normalized spacial score (nSPS) is 20.5. The number of carbonyl (C=O) groups excluding carboxylic acids is 1. The van der Waals surface area contributed by atoms with Crippen molar-refractivity contribution in [2.75, 3.05) is 23.3 Å². The van der Waals surface area contributed by atoms with Gasteiger partial charge in [-0.2, -0.15) is 0 Å². The minimum atomic E-state index is -0.994. The van der Waals surface area contributed by atoms with E-state index in [1.165, 1.54) is 6.20 Å². The van der Waals surface area contributed by atoms with E-state index in [9.17, 15) is 23.1 Å². The molecule has 33 heavy (non-hydrogen) atoms. The number of aliphatic hydroxyl groups excluding tert-OH is 1. The fraction of sp³-hybridized carbons (Fsp3) is 0.261. The SMILES string of the molecule is C[C@H]1CN(c2ccncc2NC(=O)c2ccc(F)c(-c3c(F)cccc3F)n2)C[C@@H](N)C1O. The van der Waals surface area contributed by atoms with Gasteiger partial charge in [0.1, 0.15) is 28.8 Å². The molecule has 3 heterocycles. The van der Waals surface area contributed by atoms with Crippen LogP contribution < -0.4 is 16.0 Å². The first-order valence-electron chi connectivity index (χ1n) is 10.3. The van der Waals surface area contributed by atoms with E-state index < -0.39 is 46.8 Å². The number of aliphatic hydroxyl groups is 1. The van der Waals surface area contributed by atoms with Crippen molar-refractivity contribution in [3.8, 4) is 11.3 Å². The van der Waals surface area contributed by atoms with Crippen LogP contribution in [0, 0.1) is 23.4 Å². The highest BCUT2D eigenvalue weighted by molar-refractivity contribution is 6.04. The maximum atomic E-state index is 14.3. The molecule has 172 valence electrons. The molecule has 0 aliphatic carbocycles. The molecule has 4 N–H and O–H groups in total. The molecule has 2 aromatic heterocycles. The number of halogens is 3. The van der Waals surface area contributed by atoms with Gasteiger partial charge in [-0.15, -0.1) is 0 Å². The molecule has 1 unspecified atom stereocenters. The summed E-state index contributed by atoms with van der Waals surface area (Å²) >= 11 is 0. The van der Waals surface area contributed by atoms with Crippen LogP contribution in [-0.2, 0) is 0 Å². The number of benzene rings is 1. The van der Waals surface area contributed by atoms with Gasteiger partial charge in [-0.05, 0) is 30.3 Å². The van der Waals surface area contributed by atoms with E-state index in [1.54, 1.807) is 12.3 Å². The van der Waals surface area contributed by atoms with Crippen LogP contribution in [-0.4, -0.2) is 46.2 Å². The number of carbonyl (C=O) groups is 1. The lowest BCUT2D eigenvalue weighted by molar-refractivity contribution is 0.0785. The molecule has 1 aromatic carbocycles. The van der Waals surface area contributed by atoms with Crippen LogP contribution in [0.3, 0.4) is 0 Å². The number of aromatic nitrogens is 2. The van der Waals surface area contributed by atoms with Gasteiger partial charge in [-0.3, -0.25) is 9.78 Å². The van der Waals surface area contributed by atoms with Gasteiger partial charge in [0, 0.05) is 31.2 Å². The van der Waals surface area contributed by atoms with E-state index >= 15 is 0 Å². The highest BCUT2D eigenvalue weighted by Gasteiger charge is 2.32. The lowest BCUT2D eigenvalue weighted by atomic mass is 9.92. The first-order valence-corrected chi connectivity index (χ1v) is 10.3. The highest BCUT2D eigenvalue weighted by atomic mass is 19.1. The smallest absolute Gasteiger partial charge is 0.274 e. The lowest BCUT2D eigenvalue weighted by Gasteiger charge is -2.40. The summed E-state index contributed by atoms with van der Waals surface area (Å²) in [5, 5.41) is 12.8. The fourth-order valence-electron chi connectivity index (χ4n) is 3.92. The Balaban J connectivity index is 1.63. The Labute approximate surface area is 188 Å². The van der Waals surface area contributed by atoms with Crippen molar-refractivity contribution in [2.45, 2.75) is 19.1 Å². The highest BCUT2D eigenvalue weighted by Crippen LogP contribution is 2.30. The molecule has 1 amide bonds. The van der Waals surface area contributed by atoms with Gasteiger partial charge in [0.25, 0.3) is 5.91 Å². The van der Waals surface area contributed by atoms with Crippen LogP contribution in [0.15, 0.2) is 48.8 Å². The number of pyridine rings is 2. The van der Waals surface area contributed by atoms with Crippen molar-refractivity contribution in [3.63, 3.8) is 0 Å². The predicted octanol–water partition coefficient (Wildman–Crippen LogP) is 2.96. The molecular weight excluding hydrogens is 435 g/mol. The van der Waals surface area contributed by atoms with E-state index in [4.69, 9.17) is 5.73 Å². The molecule has 3 atom stereocenters. The zero-order valence-electron chi connectivity index (χ0n) is 17.7. The zero-order chi connectivity index (χ0) is 23.7. The molecule has 1 fully saturated rings. The van der Waals surface area contributed by atoms with E-state index in [2.05, 4.69) is 15.3 Å². The lowest BCUT2D eigenvalue weighted by Crippen LogP contribution is -2.55. The second kappa shape index (κ2) is 9.16. The molecule has 0 saturated carbocycles. The van der Waals surface area contributed by atoms with Crippen molar-refractivity contribution >= 4 is 17.3 Å². The Hall–Kier alpha value is -3.50. The fourth-order valence-corrected chi connectivity index (χ4v) is 3.92. The van der Waals surface area contributed by atoms with Gasteiger partial charge >= 0.3 is 0 Å². The molecule has 7 nitrogen and oxygen atoms in total. The number of amides is 1. The molecule has 0 bridgehead atoms. The molecule has 0 radical (unpaired) electrons. The Morgan fingerprint density at radius 1 is 1.12 bits per heavy atom. The van der Waals surface area contributed by atoms with Crippen LogP contribution in [0.2, 0.25) is 0 Å². The van der Waals surface area contributed by atoms with E-state index in [-0.39, 0.29) is 11.6 Å². The van der Waals surface area contributed by atoms with Crippen molar-refractivity contribution in [1.82, 2.24) is 9.97 Å². The van der Waals surface area contributed by atoms with Crippen molar-refractivity contribution in [3.05, 3.63) is 71.9 Å². The maximum absolute atomic E-state index is 14.3. The number of nitrogens with zero attached hydrogens (tertiary/aromatic N) is 3. The standard InChI is InChI=1S/C23H22F3N5O2/c1-12-10-31(11-16(27)22(12)32)19-7-8-28-9-18(19)30-23(33)17-6-5-15(26)21(29-17)20-13(24)3-2-4-14(20)25/h2-9,12,16,22,32H,10-11,27H2,1H3,(H,30,33)/t12-,16+,22?/m0/s1. The minimum Gasteiger partial charge on any atom is -0.391 e. The number of rotatable bonds is 4. The van der Waals surface area contributed by atoms with Gasteiger partial charge in [-0.25, -0.2) is 18.2 Å². The molecule has 1 saturated heterocycles. The molecule has 10 heteroatoms. The third-order valence-electron chi connectivity index (χ3n) is 5.63. The molecule has 4 rings (SSSR count). The van der Waals surface area contributed by atoms with Crippen LogP contribution in [0.1, 0.15) is 17.4 Å². The Morgan fingerprint density at radius 3 is 2.55 bits per heavy atom. The van der Waals surface area contributed by atoms with E-state index in [0.717, 1.165) is 30.3 Å². The monoisotopic (exact) mass is 457 g/mol. The number of nitrogens with two attached hydrogens (primary N) is 1. The van der Waals surface area contributed by atoms with Crippen LogP contribution in [0.4, 0.5) is 24.5 Å². The van der Waals surface area contributed by atoms with Crippen molar-refractivity contribution in [1.29, 1.82) is 0 Å². The Bertz CT molecular complexity index is 1160. The minimum absolute atomic E-state index is 0.0949. The van der Waals surface area contributed by atoms with Crippen LogP contribution in [0.25, 0.3) is 11.3 Å². The van der Waals surface area contributed by atoms with Gasteiger partial charge in [0.15, 0.2) is 0 Å². The number of piperidine rings is 1. The Morgan fingerprint density at radius 2 is 1.85 bits per heavy atom. The summed E-state index contributed by atoms with van der Waals surface area (Å²) in [6.45, 7) is 2.75. The van der Waals surface area contributed by atoms with Crippen molar-refractivity contribution < 1.29 is 23.1 Å². The van der Waals surface area contributed by atoms with Crippen LogP contribution in [0.5, 0.6) is 0 Å². The molecule has 3 aromatic rings. The summed E-state index contributed by atoms with van der Waals surface area (Å²) in [6.07, 6.45) is 2.36. The first-order chi connectivity index (χ1) is 15.8. The molecule has 1 aliphatic heterocycles. The predicted molar refractivity (Wildman–Crippen MR) is 117 cm³/mol. The summed E-state index contributed by atoms with van der Waals surface area (Å²) in [5.74, 6) is -3.76. The van der Waals surface area contributed by atoms with Gasteiger partial charge in [0.2, 0.25) is 0 Å². The molecular formula is C23H22F3N5O2. The zero-order valence-corrected chi connectivity index (χ0v) is 17.7. The number of hydrogen-bond donors (Lipinski definition) is 3.